The lowest BCUT2D eigenvalue weighted by atomic mass is 9.83. The molecule has 1 heterocycles. The Balaban J connectivity index is 2.02. The average molecular weight is 267 g/mol. The summed E-state index contributed by atoms with van der Waals surface area (Å²) in [6, 6.07) is 0.677. The second-order valence-corrected chi connectivity index (χ2v) is 6.58. The van der Waals surface area contributed by atoms with E-state index in [1.807, 2.05) is 17.5 Å². The molecule has 0 bridgehead atoms. The molecule has 2 rings (SSSR count). The molecule has 0 spiro atoms. The first kappa shape index (κ1) is 14.0. The maximum Gasteiger partial charge on any atom is 0.0897 e. The van der Waals surface area contributed by atoms with Gasteiger partial charge in [-0.05, 0) is 38.8 Å². The van der Waals surface area contributed by atoms with Gasteiger partial charge in [0.25, 0.3) is 0 Å². The van der Waals surface area contributed by atoms with Crippen molar-refractivity contribution in [3.8, 4) is 0 Å². The third-order valence-corrected chi connectivity index (χ3v) is 4.97. The first-order valence-corrected chi connectivity index (χ1v) is 7.91. The molecule has 0 amide bonds. The zero-order chi connectivity index (χ0) is 13.0. The molecule has 18 heavy (non-hydrogen) atoms. The van der Waals surface area contributed by atoms with Gasteiger partial charge in [-0.25, -0.2) is 4.98 Å². The fourth-order valence-corrected chi connectivity index (χ4v) is 3.91. The van der Waals surface area contributed by atoms with E-state index in [2.05, 4.69) is 23.7 Å². The zero-order valence-corrected chi connectivity index (χ0v) is 12.4. The van der Waals surface area contributed by atoms with Gasteiger partial charge in [-0.1, -0.05) is 19.8 Å². The van der Waals surface area contributed by atoms with Gasteiger partial charge in [0.15, 0.2) is 0 Å². The van der Waals surface area contributed by atoms with Crippen LogP contribution in [-0.4, -0.2) is 29.0 Å². The van der Waals surface area contributed by atoms with Gasteiger partial charge in [-0.3, -0.25) is 4.90 Å². The second-order valence-electron chi connectivity index (χ2n) is 5.26. The van der Waals surface area contributed by atoms with Crippen molar-refractivity contribution >= 4 is 11.3 Å². The molecular weight excluding hydrogens is 242 g/mol. The molecule has 0 aliphatic heterocycles. The number of rotatable bonds is 5. The van der Waals surface area contributed by atoms with E-state index in [0.29, 0.717) is 12.0 Å². The molecule has 1 aliphatic rings. The Labute approximate surface area is 114 Å². The Morgan fingerprint density at radius 1 is 1.44 bits per heavy atom. The molecule has 0 radical (unpaired) electrons. The normalized spacial score (nSPS) is 24.7. The van der Waals surface area contributed by atoms with Gasteiger partial charge in [0, 0.05) is 23.7 Å². The lowest BCUT2D eigenvalue weighted by Gasteiger charge is -2.39. The molecule has 0 saturated heterocycles. The fourth-order valence-electron chi connectivity index (χ4n) is 3.09. The summed E-state index contributed by atoms with van der Waals surface area (Å²) in [6.45, 7) is 7.33. The van der Waals surface area contributed by atoms with E-state index in [0.717, 1.165) is 19.6 Å². The number of nitrogens with zero attached hydrogens (tertiary/aromatic N) is 2. The second kappa shape index (κ2) is 6.64. The first-order valence-electron chi connectivity index (χ1n) is 7.10. The van der Waals surface area contributed by atoms with E-state index in [9.17, 15) is 0 Å². The standard InChI is InChI=1S/C14H25N3S/c1-3-17(10-13-9-16-11(2)18-13)14-7-5-4-6-12(14)8-15/h9,12,14H,3-8,10,15H2,1-2H3. The molecule has 4 heteroatoms. The van der Waals surface area contributed by atoms with Crippen LogP contribution in [0.25, 0.3) is 0 Å². The summed E-state index contributed by atoms with van der Waals surface area (Å²) in [5.41, 5.74) is 5.95. The molecule has 102 valence electrons. The van der Waals surface area contributed by atoms with Crippen LogP contribution < -0.4 is 5.73 Å². The quantitative estimate of drug-likeness (QED) is 0.892. The highest BCUT2D eigenvalue weighted by Gasteiger charge is 2.28. The van der Waals surface area contributed by atoms with Crippen molar-refractivity contribution in [3.05, 3.63) is 16.1 Å². The monoisotopic (exact) mass is 267 g/mol. The minimum atomic E-state index is 0.677. The lowest BCUT2D eigenvalue weighted by molar-refractivity contribution is 0.106. The zero-order valence-electron chi connectivity index (χ0n) is 11.6. The maximum atomic E-state index is 5.95. The van der Waals surface area contributed by atoms with Crippen molar-refractivity contribution in [1.29, 1.82) is 0 Å². The number of hydrogen-bond donors (Lipinski definition) is 1. The van der Waals surface area contributed by atoms with Gasteiger partial charge in [0.2, 0.25) is 0 Å². The molecule has 2 atom stereocenters. The van der Waals surface area contributed by atoms with Crippen molar-refractivity contribution in [1.82, 2.24) is 9.88 Å². The van der Waals surface area contributed by atoms with Crippen LogP contribution in [0.15, 0.2) is 6.20 Å². The number of nitrogens with two attached hydrogens (primary N) is 1. The van der Waals surface area contributed by atoms with Gasteiger partial charge in [0.1, 0.15) is 0 Å². The average Bonchev–Trinajstić information content (AvgIpc) is 2.81. The number of aromatic nitrogens is 1. The number of thiazole rings is 1. The summed E-state index contributed by atoms with van der Waals surface area (Å²) in [7, 11) is 0. The van der Waals surface area contributed by atoms with Gasteiger partial charge in [-0.2, -0.15) is 0 Å². The van der Waals surface area contributed by atoms with Crippen molar-refractivity contribution < 1.29 is 0 Å². The van der Waals surface area contributed by atoms with Crippen molar-refractivity contribution in [2.45, 2.75) is 52.1 Å². The summed E-state index contributed by atoms with van der Waals surface area (Å²) < 4.78 is 0. The Morgan fingerprint density at radius 3 is 2.83 bits per heavy atom. The third-order valence-electron chi connectivity index (χ3n) is 4.07. The van der Waals surface area contributed by atoms with E-state index >= 15 is 0 Å². The van der Waals surface area contributed by atoms with Crippen LogP contribution >= 0.6 is 11.3 Å². The summed E-state index contributed by atoms with van der Waals surface area (Å²) in [4.78, 5) is 8.34. The van der Waals surface area contributed by atoms with Crippen LogP contribution in [0.3, 0.4) is 0 Å². The topological polar surface area (TPSA) is 42.2 Å². The highest BCUT2D eigenvalue weighted by Crippen LogP contribution is 2.29. The van der Waals surface area contributed by atoms with Crippen LogP contribution in [-0.2, 0) is 6.54 Å². The Morgan fingerprint density at radius 2 is 2.22 bits per heavy atom. The molecular formula is C14H25N3S. The van der Waals surface area contributed by atoms with Gasteiger partial charge in [-0.15, -0.1) is 11.3 Å². The summed E-state index contributed by atoms with van der Waals surface area (Å²) in [5, 5.41) is 1.17. The van der Waals surface area contributed by atoms with E-state index < -0.39 is 0 Å². The Kier molecular flexibility index (Phi) is 5.15. The molecule has 1 aliphatic carbocycles. The van der Waals surface area contributed by atoms with Crippen LogP contribution in [0.4, 0.5) is 0 Å². The summed E-state index contributed by atoms with van der Waals surface area (Å²) in [6.07, 6.45) is 7.37. The molecule has 2 N–H and O–H groups in total. The van der Waals surface area contributed by atoms with Crippen LogP contribution in [0, 0.1) is 12.8 Å². The predicted molar refractivity (Wildman–Crippen MR) is 77.7 cm³/mol. The molecule has 1 saturated carbocycles. The van der Waals surface area contributed by atoms with Crippen LogP contribution in [0.5, 0.6) is 0 Å². The van der Waals surface area contributed by atoms with Gasteiger partial charge < -0.3 is 5.73 Å². The summed E-state index contributed by atoms with van der Waals surface area (Å²) >= 11 is 1.82. The highest BCUT2D eigenvalue weighted by atomic mass is 32.1. The molecule has 3 nitrogen and oxygen atoms in total. The van der Waals surface area contributed by atoms with Crippen molar-refractivity contribution in [2.24, 2.45) is 11.7 Å². The fraction of sp³-hybridized carbons (Fsp3) is 0.786. The maximum absolute atomic E-state index is 5.95. The molecule has 1 aromatic heterocycles. The van der Waals surface area contributed by atoms with Gasteiger partial charge in [0.05, 0.1) is 5.01 Å². The molecule has 2 unspecified atom stereocenters. The largest absolute Gasteiger partial charge is 0.330 e. The highest BCUT2D eigenvalue weighted by molar-refractivity contribution is 7.11. The van der Waals surface area contributed by atoms with E-state index in [1.54, 1.807) is 0 Å². The molecule has 1 aromatic rings. The van der Waals surface area contributed by atoms with Crippen LogP contribution in [0.1, 0.15) is 42.5 Å². The lowest BCUT2D eigenvalue weighted by Crippen LogP contribution is -2.44. The minimum absolute atomic E-state index is 0.677. The third kappa shape index (κ3) is 3.31. The van der Waals surface area contributed by atoms with Gasteiger partial charge >= 0.3 is 0 Å². The van der Waals surface area contributed by atoms with E-state index in [-0.39, 0.29) is 0 Å². The first-order chi connectivity index (χ1) is 8.74. The Bertz CT molecular complexity index is 364. The van der Waals surface area contributed by atoms with E-state index in [4.69, 9.17) is 5.73 Å². The van der Waals surface area contributed by atoms with Crippen molar-refractivity contribution in [3.63, 3.8) is 0 Å². The number of aryl methyl sites for hydroxylation is 1. The summed E-state index contributed by atoms with van der Waals surface area (Å²) in [5.74, 6) is 0.688. The molecule has 0 aromatic carbocycles. The SMILES string of the molecule is CCN(Cc1cnc(C)s1)C1CCCCC1CN. The van der Waals surface area contributed by atoms with Crippen molar-refractivity contribution in [2.75, 3.05) is 13.1 Å². The molecule has 1 fully saturated rings. The minimum Gasteiger partial charge on any atom is -0.330 e. The van der Waals surface area contributed by atoms with E-state index in [1.165, 1.54) is 35.6 Å². The number of hydrogen-bond acceptors (Lipinski definition) is 4. The smallest absolute Gasteiger partial charge is 0.0897 e. The Hall–Kier alpha value is -0.450. The predicted octanol–water partition coefficient (Wildman–Crippen LogP) is 2.79. The van der Waals surface area contributed by atoms with Crippen LogP contribution in [0.2, 0.25) is 0 Å².